The van der Waals surface area contributed by atoms with E-state index in [1.54, 1.807) is 12.4 Å². The van der Waals surface area contributed by atoms with Crippen molar-refractivity contribution in [2.75, 3.05) is 0 Å². The van der Waals surface area contributed by atoms with Gasteiger partial charge in [0.1, 0.15) is 5.75 Å². The molecule has 106 valence electrons. The van der Waals surface area contributed by atoms with Gasteiger partial charge in [-0.2, -0.15) is 0 Å². The largest absolute Gasteiger partial charge is 0.491 e. The van der Waals surface area contributed by atoms with E-state index in [1.165, 1.54) is 0 Å². The number of aliphatic hydroxyl groups is 1. The monoisotopic (exact) mass is 271 g/mol. The highest BCUT2D eigenvalue weighted by molar-refractivity contribution is 5.33. The number of ether oxygens (including phenoxy) is 1. The van der Waals surface area contributed by atoms with E-state index in [0.29, 0.717) is 6.42 Å². The number of aryl methyl sites for hydroxylation is 1. The van der Waals surface area contributed by atoms with Crippen molar-refractivity contribution in [2.45, 2.75) is 38.9 Å². The highest BCUT2D eigenvalue weighted by atomic mass is 16.5. The summed E-state index contributed by atoms with van der Waals surface area (Å²) in [5.74, 6) is 0.904. The van der Waals surface area contributed by atoms with E-state index in [4.69, 9.17) is 4.74 Å². The normalized spacial score (nSPS) is 12.4. The lowest BCUT2D eigenvalue weighted by molar-refractivity contribution is 0.166. The van der Waals surface area contributed by atoms with Crippen LogP contribution in [0, 0.1) is 0 Å². The van der Waals surface area contributed by atoms with Crippen LogP contribution in [0.4, 0.5) is 0 Å². The average molecular weight is 271 g/mol. The van der Waals surface area contributed by atoms with Crippen molar-refractivity contribution < 1.29 is 9.84 Å². The molecule has 0 spiro atoms. The van der Waals surface area contributed by atoms with Gasteiger partial charge in [-0.15, -0.1) is 0 Å². The number of rotatable bonds is 6. The van der Waals surface area contributed by atoms with Crippen LogP contribution in [0.5, 0.6) is 5.75 Å². The van der Waals surface area contributed by atoms with E-state index in [1.807, 2.05) is 50.2 Å². The zero-order valence-electron chi connectivity index (χ0n) is 12.0. The summed E-state index contributed by atoms with van der Waals surface area (Å²) in [5, 5.41) is 10.2. The minimum atomic E-state index is -0.490. The van der Waals surface area contributed by atoms with Gasteiger partial charge in [0.15, 0.2) is 0 Å². The van der Waals surface area contributed by atoms with Crippen molar-refractivity contribution in [2.24, 2.45) is 0 Å². The molecule has 0 saturated heterocycles. The second-order valence-electron chi connectivity index (χ2n) is 5.12. The quantitative estimate of drug-likeness (QED) is 0.874. The Bertz CT molecular complexity index is 526. The Hall–Kier alpha value is -1.87. The molecule has 1 heterocycles. The number of pyridine rings is 1. The molecule has 0 radical (unpaired) electrons. The highest BCUT2D eigenvalue weighted by Crippen LogP contribution is 2.24. The molecule has 1 aromatic heterocycles. The van der Waals surface area contributed by atoms with Crippen LogP contribution >= 0.6 is 0 Å². The molecular formula is C17H21NO2. The van der Waals surface area contributed by atoms with Crippen LogP contribution in [0.25, 0.3) is 0 Å². The Morgan fingerprint density at radius 3 is 2.65 bits per heavy atom. The molecule has 2 aromatic rings. The lowest BCUT2D eigenvalue weighted by atomic mass is 10.0. The summed E-state index contributed by atoms with van der Waals surface area (Å²) >= 11 is 0. The highest BCUT2D eigenvalue weighted by Gasteiger charge is 2.10. The van der Waals surface area contributed by atoms with Crippen molar-refractivity contribution in [1.82, 2.24) is 4.98 Å². The van der Waals surface area contributed by atoms with Crippen LogP contribution in [0.2, 0.25) is 0 Å². The molecule has 0 saturated carbocycles. The number of benzene rings is 1. The molecule has 0 aliphatic heterocycles. The van der Waals surface area contributed by atoms with Gasteiger partial charge in [0, 0.05) is 12.4 Å². The molecule has 20 heavy (non-hydrogen) atoms. The van der Waals surface area contributed by atoms with Gasteiger partial charge >= 0.3 is 0 Å². The van der Waals surface area contributed by atoms with E-state index >= 15 is 0 Å². The Kier molecular flexibility index (Phi) is 5.13. The zero-order chi connectivity index (χ0) is 14.4. The first-order valence-electron chi connectivity index (χ1n) is 6.99. The molecule has 0 bridgehead atoms. The summed E-state index contributed by atoms with van der Waals surface area (Å²) in [6.07, 6.45) is 4.52. The minimum absolute atomic E-state index is 0.152. The van der Waals surface area contributed by atoms with Crippen molar-refractivity contribution >= 4 is 0 Å². The maximum atomic E-state index is 10.2. The molecule has 3 nitrogen and oxygen atoms in total. The van der Waals surface area contributed by atoms with Gasteiger partial charge < -0.3 is 9.84 Å². The summed E-state index contributed by atoms with van der Waals surface area (Å²) in [6, 6.07) is 11.7. The first kappa shape index (κ1) is 14.5. The first-order chi connectivity index (χ1) is 9.66. The summed E-state index contributed by atoms with van der Waals surface area (Å²) in [7, 11) is 0. The number of hydrogen-bond acceptors (Lipinski definition) is 3. The van der Waals surface area contributed by atoms with E-state index in [9.17, 15) is 5.11 Å². The second kappa shape index (κ2) is 7.06. The molecular weight excluding hydrogens is 250 g/mol. The van der Waals surface area contributed by atoms with Gasteiger partial charge in [0.05, 0.1) is 12.2 Å². The van der Waals surface area contributed by atoms with Gasteiger partial charge in [-0.3, -0.25) is 4.98 Å². The van der Waals surface area contributed by atoms with Crippen molar-refractivity contribution in [3.63, 3.8) is 0 Å². The van der Waals surface area contributed by atoms with Gasteiger partial charge in [-0.05, 0) is 49.9 Å². The van der Waals surface area contributed by atoms with Crippen LogP contribution in [-0.2, 0) is 6.42 Å². The van der Waals surface area contributed by atoms with E-state index in [0.717, 1.165) is 23.3 Å². The second-order valence-corrected chi connectivity index (χ2v) is 5.12. The maximum Gasteiger partial charge on any atom is 0.122 e. The van der Waals surface area contributed by atoms with E-state index in [-0.39, 0.29) is 6.10 Å². The van der Waals surface area contributed by atoms with Crippen LogP contribution in [0.3, 0.4) is 0 Å². The van der Waals surface area contributed by atoms with Crippen LogP contribution in [0.1, 0.15) is 37.5 Å². The first-order valence-corrected chi connectivity index (χ1v) is 6.99. The fourth-order valence-electron chi connectivity index (χ4n) is 2.11. The van der Waals surface area contributed by atoms with E-state index < -0.39 is 6.10 Å². The number of aromatic nitrogens is 1. The Labute approximate surface area is 120 Å². The Morgan fingerprint density at radius 2 is 1.95 bits per heavy atom. The standard InChI is InChI=1S/C17H21NO2/c1-13(2)20-17-8-4-3-6-14(17)9-10-16(19)15-7-5-11-18-12-15/h3-8,11-13,16,19H,9-10H2,1-2H3. The molecule has 1 unspecified atom stereocenters. The van der Waals surface area contributed by atoms with Crippen LogP contribution in [0.15, 0.2) is 48.8 Å². The molecule has 0 fully saturated rings. The third-order valence-electron chi connectivity index (χ3n) is 3.09. The molecule has 1 aromatic carbocycles. The van der Waals surface area contributed by atoms with Crippen molar-refractivity contribution in [3.05, 3.63) is 59.9 Å². The lowest BCUT2D eigenvalue weighted by Crippen LogP contribution is -2.08. The SMILES string of the molecule is CC(C)Oc1ccccc1CCC(O)c1cccnc1. The summed E-state index contributed by atoms with van der Waals surface area (Å²) in [6.45, 7) is 4.03. The number of hydrogen-bond donors (Lipinski definition) is 1. The van der Waals surface area contributed by atoms with Gasteiger partial charge in [0.25, 0.3) is 0 Å². The minimum Gasteiger partial charge on any atom is -0.491 e. The van der Waals surface area contributed by atoms with Crippen LogP contribution in [-0.4, -0.2) is 16.2 Å². The molecule has 0 amide bonds. The van der Waals surface area contributed by atoms with Crippen molar-refractivity contribution in [1.29, 1.82) is 0 Å². The Balaban J connectivity index is 2.00. The molecule has 0 aliphatic carbocycles. The van der Waals surface area contributed by atoms with Gasteiger partial charge in [-0.1, -0.05) is 24.3 Å². The zero-order valence-corrected chi connectivity index (χ0v) is 12.0. The van der Waals surface area contributed by atoms with Crippen molar-refractivity contribution in [3.8, 4) is 5.75 Å². The maximum absolute atomic E-state index is 10.2. The summed E-state index contributed by atoms with van der Waals surface area (Å²) in [4.78, 5) is 4.03. The number of nitrogens with zero attached hydrogens (tertiary/aromatic N) is 1. The fourth-order valence-corrected chi connectivity index (χ4v) is 2.11. The predicted octanol–water partition coefficient (Wildman–Crippen LogP) is 3.54. The summed E-state index contributed by atoms with van der Waals surface area (Å²) in [5.41, 5.74) is 1.99. The third kappa shape index (κ3) is 4.07. The average Bonchev–Trinajstić information content (AvgIpc) is 2.46. The molecule has 0 aliphatic rings. The molecule has 1 N–H and O–H groups in total. The molecule has 1 atom stereocenters. The Morgan fingerprint density at radius 1 is 1.15 bits per heavy atom. The smallest absolute Gasteiger partial charge is 0.122 e. The van der Waals surface area contributed by atoms with E-state index in [2.05, 4.69) is 4.98 Å². The van der Waals surface area contributed by atoms with Crippen LogP contribution < -0.4 is 4.74 Å². The third-order valence-corrected chi connectivity index (χ3v) is 3.09. The molecule has 2 rings (SSSR count). The summed E-state index contributed by atoms with van der Waals surface area (Å²) < 4.78 is 5.79. The topological polar surface area (TPSA) is 42.4 Å². The van der Waals surface area contributed by atoms with Gasteiger partial charge in [0.2, 0.25) is 0 Å². The number of para-hydroxylation sites is 1. The lowest BCUT2D eigenvalue weighted by Gasteiger charge is -2.15. The number of aliphatic hydroxyl groups excluding tert-OH is 1. The molecule has 3 heteroatoms. The predicted molar refractivity (Wildman–Crippen MR) is 79.7 cm³/mol. The van der Waals surface area contributed by atoms with Gasteiger partial charge in [-0.25, -0.2) is 0 Å². The fraction of sp³-hybridized carbons (Fsp3) is 0.353.